The van der Waals surface area contributed by atoms with E-state index < -0.39 is 0 Å². The molecule has 21 heavy (non-hydrogen) atoms. The highest BCUT2D eigenvalue weighted by Crippen LogP contribution is 2.26. The Morgan fingerprint density at radius 3 is 3.00 bits per heavy atom. The van der Waals surface area contributed by atoms with Crippen molar-refractivity contribution in [1.29, 1.82) is 0 Å². The van der Waals surface area contributed by atoms with Crippen LogP contribution >= 0.6 is 11.6 Å². The monoisotopic (exact) mass is 308 g/mol. The Kier molecular flexibility index (Phi) is 3.63. The Bertz CT molecular complexity index is 572. The summed E-state index contributed by atoms with van der Waals surface area (Å²) in [5.74, 6) is 0. The van der Waals surface area contributed by atoms with Gasteiger partial charge in [-0.15, -0.1) is 0 Å². The fourth-order valence-corrected chi connectivity index (χ4v) is 3.03. The van der Waals surface area contributed by atoms with Crippen LogP contribution in [0, 0.1) is 6.92 Å². The molecule has 0 unspecified atom stereocenters. The number of hydrogen-bond donors (Lipinski definition) is 2. The van der Waals surface area contributed by atoms with Crippen LogP contribution in [0.3, 0.4) is 0 Å². The zero-order valence-electron chi connectivity index (χ0n) is 11.7. The predicted molar refractivity (Wildman–Crippen MR) is 80.7 cm³/mol. The number of carbonyl (C=O) groups excluding carboxylic acids is 2. The molecule has 0 saturated carbocycles. The molecule has 6 nitrogen and oxygen atoms in total. The normalized spacial score (nSPS) is 21.0. The van der Waals surface area contributed by atoms with Crippen LogP contribution in [-0.4, -0.2) is 54.1 Å². The van der Waals surface area contributed by atoms with Gasteiger partial charge in [0, 0.05) is 26.2 Å². The molecular weight excluding hydrogens is 292 g/mol. The molecule has 1 atom stereocenters. The molecule has 0 spiro atoms. The van der Waals surface area contributed by atoms with Crippen molar-refractivity contribution in [3.05, 3.63) is 28.8 Å². The van der Waals surface area contributed by atoms with Crippen molar-refractivity contribution in [2.75, 3.05) is 31.5 Å². The topological polar surface area (TPSA) is 64.7 Å². The standard InChI is InChI=1S/C14H17ClN4O2/c1-9-3-2-4-11(15)12(9)17-14(21)18-5-6-19-10(8-18)7-16-13(19)20/h2-4,10H,5-8H2,1H3,(H,16,20)(H,17,21)/t10-/m0/s1. The molecule has 3 rings (SSSR count). The number of amides is 4. The van der Waals surface area contributed by atoms with Gasteiger partial charge >= 0.3 is 12.1 Å². The predicted octanol–water partition coefficient (Wildman–Crippen LogP) is 1.89. The van der Waals surface area contributed by atoms with Gasteiger partial charge < -0.3 is 20.4 Å². The summed E-state index contributed by atoms with van der Waals surface area (Å²) in [6, 6.07) is 5.35. The van der Waals surface area contributed by atoms with E-state index in [1.165, 1.54) is 0 Å². The van der Waals surface area contributed by atoms with Gasteiger partial charge in [-0.1, -0.05) is 23.7 Å². The van der Waals surface area contributed by atoms with Gasteiger partial charge in [0.15, 0.2) is 0 Å². The number of nitrogens with zero attached hydrogens (tertiary/aromatic N) is 2. The summed E-state index contributed by atoms with van der Waals surface area (Å²) in [6.07, 6.45) is 0. The number of urea groups is 2. The van der Waals surface area contributed by atoms with Crippen LogP contribution in [0.1, 0.15) is 5.56 Å². The molecule has 0 radical (unpaired) electrons. The highest BCUT2D eigenvalue weighted by atomic mass is 35.5. The van der Waals surface area contributed by atoms with Gasteiger partial charge in [0.1, 0.15) is 0 Å². The number of nitrogens with one attached hydrogen (secondary N) is 2. The van der Waals surface area contributed by atoms with Gasteiger partial charge in [-0.25, -0.2) is 9.59 Å². The lowest BCUT2D eigenvalue weighted by Crippen LogP contribution is -2.54. The van der Waals surface area contributed by atoms with Crippen molar-refractivity contribution in [3.63, 3.8) is 0 Å². The van der Waals surface area contributed by atoms with E-state index in [0.717, 1.165) is 5.56 Å². The van der Waals surface area contributed by atoms with E-state index in [-0.39, 0.29) is 18.1 Å². The zero-order valence-corrected chi connectivity index (χ0v) is 12.5. The number of piperazine rings is 1. The molecule has 112 valence electrons. The lowest BCUT2D eigenvalue weighted by molar-refractivity contribution is 0.136. The molecular formula is C14H17ClN4O2. The minimum Gasteiger partial charge on any atom is -0.336 e. The average Bonchev–Trinajstić information content (AvgIpc) is 2.84. The van der Waals surface area contributed by atoms with Crippen LogP contribution in [0.5, 0.6) is 0 Å². The number of fused-ring (bicyclic) bond motifs is 1. The molecule has 2 aliphatic rings. The number of carbonyl (C=O) groups is 2. The Labute approximate surface area is 128 Å². The van der Waals surface area contributed by atoms with Crippen LogP contribution in [0.4, 0.5) is 15.3 Å². The average molecular weight is 309 g/mol. The van der Waals surface area contributed by atoms with Crippen molar-refractivity contribution in [1.82, 2.24) is 15.1 Å². The van der Waals surface area contributed by atoms with Gasteiger partial charge in [0.25, 0.3) is 0 Å². The van der Waals surface area contributed by atoms with Gasteiger partial charge in [-0.2, -0.15) is 0 Å². The van der Waals surface area contributed by atoms with Gasteiger partial charge in [0.05, 0.1) is 16.8 Å². The largest absolute Gasteiger partial charge is 0.336 e. The Hall–Kier alpha value is -1.95. The lowest BCUT2D eigenvalue weighted by atomic mass is 10.2. The first-order valence-electron chi connectivity index (χ1n) is 6.92. The number of benzene rings is 1. The lowest BCUT2D eigenvalue weighted by Gasteiger charge is -2.36. The summed E-state index contributed by atoms with van der Waals surface area (Å²) >= 11 is 6.12. The molecule has 2 heterocycles. The van der Waals surface area contributed by atoms with E-state index in [0.29, 0.717) is 36.9 Å². The van der Waals surface area contributed by atoms with Gasteiger partial charge in [0.2, 0.25) is 0 Å². The van der Waals surface area contributed by atoms with Crippen molar-refractivity contribution in [2.45, 2.75) is 13.0 Å². The summed E-state index contributed by atoms with van der Waals surface area (Å²) in [7, 11) is 0. The van der Waals surface area contributed by atoms with Crippen molar-refractivity contribution in [3.8, 4) is 0 Å². The molecule has 7 heteroatoms. The molecule has 1 aromatic rings. The first-order valence-corrected chi connectivity index (χ1v) is 7.29. The van der Waals surface area contributed by atoms with Crippen molar-refractivity contribution >= 4 is 29.4 Å². The third-order valence-corrected chi connectivity index (χ3v) is 4.29. The molecule has 4 amide bonds. The zero-order chi connectivity index (χ0) is 15.0. The number of aryl methyl sites for hydroxylation is 1. The minimum atomic E-state index is -0.176. The summed E-state index contributed by atoms with van der Waals surface area (Å²) in [6.45, 7) is 4.12. The molecule has 2 N–H and O–H groups in total. The Morgan fingerprint density at radius 1 is 1.43 bits per heavy atom. The molecule has 2 saturated heterocycles. The highest BCUT2D eigenvalue weighted by Gasteiger charge is 2.36. The molecule has 1 aromatic carbocycles. The number of para-hydroxylation sites is 1. The van der Waals surface area contributed by atoms with Crippen LogP contribution in [0.2, 0.25) is 5.02 Å². The molecule has 0 bridgehead atoms. The second-order valence-corrected chi connectivity index (χ2v) is 5.75. The third-order valence-electron chi connectivity index (χ3n) is 3.97. The quantitative estimate of drug-likeness (QED) is 0.832. The van der Waals surface area contributed by atoms with E-state index in [2.05, 4.69) is 10.6 Å². The molecule has 2 aliphatic heterocycles. The van der Waals surface area contributed by atoms with Crippen LogP contribution in [-0.2, 0) is 0 Å². The second-order valence-electron chi connectivity index (χ2n) is 5.34. The van der Waals surface area contributed by atoms with E-state index >= 15 is 0 Å². The van der Waals surface area contributed by atoms with E-state index in [9.17, 15) is 9.59 Å². The first-order chi connectivity index (χ1) is 10.1. The highest BCUT2D eigenvalue weighted by molar-refractivity contribution is 6.33. The number of anilines is 1. The molecule has 2 fully saturated rings. The van der Waals surface area contributed by atoms with Gasteiger partial charge in [-0.05, 0) is 18.6 Å². The molecule has 0 aliphatic carbocycles. The Morgan fingerprint density at radius 2 is 2.24 bits per heavy atom. The van der Waals surface area contributed by atoms with Crippen LogP contribution < -0.4 is 10.6 Å². The molecule has 0 aromatic heterocycles. The summed E-state index contributed by atoms with van der Waals surface area (Å²) in [4.78, 5) is 27.4. The number of rotatable bonds is 1. The van der Waals surface area contributed by atoms with E-state index in [1.54, 1.807) is 15.9 Å². The number of hydrogen-bond acceptors (Lipinski definition) is 2. The summed E-state index contributed by atoms with van der Waals surface area (Å²) in [5, 5.41) is 6.19. The third kappa shape index (κ3) is 2.63. The summed E-state index contributed by atoms with van der Waals surface area (Å²) in [5.41, 5.74) is 1.57. The maximum atomic E-state index is 12.4. The van der Waals surface area contributed by atoms with Crippen LogP contribution in [0.25, 0.3) is 0 Å². The fourth-order valence-electron chi connectivity index (χ4n) is 2.76. The SMILES string of the molecule is Cc1cccc(Cl)c1NC(=O)N1CCN2C(=O)NC[C@H]2C1. The van der Waals surface area contributed by atoms with Gasteiger partial charge in [-0.3, -0.25) is 0 Å². The smallest absolute Gasteiger partial charge is 0.322 e. The first kappa shape index (κ1) is 14.0. The summed E-state index contributed by atoms with van der Waals surface area (Å²) < 4.78 is 0. The minimum absolute atomic E-state index is 0.0398. The maximum absolute atomic E-state index is 12.4. The van der Waals surface area contributed by atoms with E-state index in [4.69, 9.17) is 11.6 Å². The fraction of sp³-hybridized carbons (Fsp3) is 0.429. The Balaban J connectivity index is 1.68. The van der Waals surface area contributed by atoms with Crippen molar-refractivity contribution in [2.24, 2.45) is 0 Å². The van der Waals surface area contributed by atoms with E-state index in [1.807, 2.05) is 19.1 Å². The van der Waals surface area contributed by atoms with Crippen LogP contribution in [0.15, 0.2) is 18.2 Å². The maximum Gasteiger partial charge on any atom is 0.322 e. The van der Waals surface area contributed by atoms with Crippen molar-refractivity contribution < 1.29 is 9.59 Å². The second kappa shape index (κ2) is 5.44. The number of halogens is 1.